The maximum atomic E-state index is 5.60. The first-order valence-electron chi connectivity index (χ1n) is 8.33. The topological polar surface area (TPSA) is 51.4 Å². The lowest BCUT2D eigenvalue weighted by atomic mass is 9.90. The number of rotatable bonds is 5. The molecule has 1 aromatic heterocycles. The van der Waals surface area contributed by atoms with Crippen LogP contribution in [0.1, 0.15) is 43.2 Å². The lowest BCUT2D eigenvalue weighted by Crippen LogP contribution is -2.38. The van der Waals surface area contributed by atoms with Crippen molar-refractivity contribution in [1.82, 2.24) is 15.1 Å². The third-order valence-electron chi connectivity index (χ3n) is 4.70. The number of hydrogen-bond donors (Lipinski definition) is 0. The lowest BCUT2D eigenvalue weighted by molar-refractivity contribution is 0.115. The summed E-state index contributed by atoms with van der Waals surface area (Å²) in [4.78, 5) is 2.45. The number of hydrogen-bond acceptors (Lipinski definition) is 5. The molecule has 0 spiro atoms. The second-order valence-corrected chi connectivity index (χ2v) is 6.35. The molecule has 1 aromatic carbocycles. The van der Waals surface area contributed by atoms with Crippen molar-refractivity contribution >= 4 is 0 Å². The third kappa shape index (κ3) is 3.72. The van der Waals surface area contributed by atoms with Crippen LogP contribution in [-0.4, -0.2) is 35.3 Å². The minimum absolute atomic E-state index is 0.177. The van der Waals surface area contributed by atoms with Crippen LogP contribution in [0.4, 0.5) is 0 Å². The van der Waals surface area contributed by atoms with Crippen molar-refractivity contribution in [2.45, 2.75) is 39.2 Å². The molecule has 0 N–H and O–H groups in total. The van der Waals surface area contributed by atoms with Gasteiger partial charge in [0.05, 0.1) is 13.2 Å². The quantitative estimate of drug-likeness (QED) is 0.846. The van der Waals surface area contributed by atoms with E-state index in [-0.39, 0.29) is 6.04 Å². The number of likely N-dealkylation sites (tertiary alicyclic amines) is 1. The van der Waals surface area contributed by atoms with Gasteiger partial charge in [-0.2, -0.15) is 0 Å². The minimum Gasteiger partial charge on any atom is -0.496 e. The molecule has 124 valence electrons. The van der Waals surface area contributed by atoms with Crippen LogP contribution in [0.15, 0.2) is 28.7 Å². The van der Waals surface area contributed by atoms with Crippen LogP contribution >= 0.6 is 0 Å². The number of ether oxygens (including phenoxy) is 1. The number of aromatic nitrogens is 2. The summed E-state index contributed by atoms with van der Waals surface area (Å²) in [6, 6.07) is 8.50. The van der Waals surface area contributed by atoms with E-state index >= 15 is 0 Å². The molecule has 0 radical (unpaired) electrons. The van der Waals surface area contributed by atoms with Crippen molar-refractivity contribution in [1.29, 1.82) is 0 Å². The number of methoxy groups -OCH3 is 1. The molecular formula is C18H25N3O2. The molecule has 1 saturated heterocycles. The molecule has 3 rings (SSSR count). The molecular weight excluding hydrogens is 290 g/mol. The average molecular weight is 315 g/mol. The van der Waals surface area contributed by atoms with Crippen LogP contribution in [0.25, 0.3) is 0 Å². The monoisotopic (exact) mass is 315 g/mol. The number of aryl methyl sites for hydroxylation is 1. The summed E-state index contributed by atoms with van der Waals surface area (Å²) >= 11 is 0. The molecule has 1 aliphatic heterocycles. The van der Waals surface area contributed by atoms with E-state index in [2.05, 4.69) is 34.2 Å². The molecule has 0 aliphatic carbocycles. The summed E-state index contributed by atoms with van der Waals surface area (Å²) in [5.74, 6) is 2.98. The third-order valence-corrected chi connectivity index (χ3v) is 4.70. The Balaban J connectivity index is 1.66. The summed E-state index contributed by atoms with van der Waals surface area (Å²) in [7, 11) is 1.74. The fourth-order valence-electron chi connectivity index (χ4n) is 3.44. The van der Waals surface area contributed by atoms with E-state index < -0.39 is 0 Å². The normalized spacial score (nSPS) is 20.4. The van der Waals surface area contributed by atoms with Gasteiger partial charge in [0, 0.05) is 13.5 Å². The molecule has 23 heavy (non-hydrogen) atoms. The molecule has 0 saturated carbocycles. The summed E-state index contributed by atoms with van der Waals surface area (Å²) in [5.41, 5.74) is 1.29. The number of piperidine rings is 1. The molecule has 0 amide bonds. The largest absolute Gasteiger partial charge is 0.496 e. The maximum absolute atomic E-state index is 5.60. The zero-order chi connectivity index (χ0) is 16.2. The highest BCUT2D eigenvalue weighted by Crippen LogP contribution is 2.29. The van der Waals surface area contributed by atoms with Crippen molar-refractivity contribution in [2.24, 2.45) is 5.92 Å². The fourth-order valence-corrected chi connectivity index (χ4v) is 3.44. The van der Waals surface area contributed by atoms with Crippen LogP contribution in [0, 0.1) is 12.8 Å². The first-order valence-corrected chi connectivity index (χ1v) is 8.33. The van der Waals surface area contributed by atoms with E-state index in [1.807, 2.05) is 19.1 Å². The van der Waals surface area contributed by atoms with Crippen LogP contribution in [0.3, 0.4) is 0 Å². The summed E-state index contributed by atoms with van der Waals surface area (Å²) < 4.78 is 11.1. The Kier molecular flexibility index (Phi) is 4.96. The van der Waals surface area contributed by atoms with Gasteiger partial charge in [0.15, 0.2) is 0 Å². The van der Waals surface area contributed by atoms with Gasteiger partial charge in [-0.1, -0.05) is 18.2 Å². The van der Waals surface area contributed by atoms with Crippen molar-refractivity contribution in [2.75, 3.05) is 20.2 Å². The first-order chi connectivity index (χ1) is 11.2. The smallest absolute Gasteiger partial charge is 0.233 e. The predicted molar refractivity (Wildman–Crippen MR) is 88.4 cm³/mol. The summed E-state index contributed by atoms with van der Waals surface area (Å²) in [6.07, 6.45) is 3.51. The Labute approximate surface area is 137 Å². The second-order valence-electron chi connectivity index (χ2n) is 6.35. The van der Waals surface area contributed by atoms with Gasteiger partial charge in [-0.15, -0.1) is 10.2 Å². The van der Waals surface area contributed by atoms with Crippen LogP contribution in [0.2, 0.25) is 0 Å². The average Bonchev–Trinajstić information content (AvgIpc) is 3.01. The van der Waals surface area contributed by atoms with Gasteiger partial charge in [0.25, 0.3) is 0 Å². The van der Waals surface area contributed by atoms with E-state index in [0.717, 1.165) is 31.2 Å². The molecule has 0 bridgehead atoms. The van der Waals surface area contributed by atoms with Gasteiger partial charge in [0.2, 0.25) is 11.8 Å². The van der Waals surface area contributed by atoms with Crippen LogP contribution in [-0.2, 0) is 6.42 Å². The van der Waals surface area contributed by atoms with Gasteiger partial charge in [0.1, 0.15) is 5.75 Å². The highest BCUT2D eigenvalue weighted by molar-refractivity contribution is 5.33. The number of nitrogens with zero attached hydrogens (tertiary/aromatic N) is 3. The van der Waals surface area contributed by atoms with Crippen molar-refractivity contribution in [3.63, 3.8) is 0 Å². The van der Waals surface area contributed by atoms with E-state index in [0.29, 0.717) is 11.8 Å². The van der Waals surface area contributed by atoms with Crippen molar-refractivity contribution < 1.29 is 9.15 Å². The summed E-state index contributed by atoms with van der Waals surface area (Å²) in [6.45, 7) is 6.13. The lowest BCUT2D eigenvalue weighted by Gasteiger charge is -2.35. The van der Waals surface area contributed by atoms with E-state index in [1.54, 1.807) is 7.11 Å². The van der Waals surface area contributed by atoms with Gasteiger partial charge >= 0.3 is 0 Å². The minimum atomic E-state index is 0.177. The van der Waals surface area contributed by atoms with Crippen LogP contribution in [0.5, 0.6) is 5.75 Å². The van der Waals surface area contributed by atoms with E-state index in [4.69, 9.17) is 9.15 Å². The molecule has 0 unspecified atom stereocenters. The highest BCUT2D eigenvalue weighted by Gasteiger charge is 2.27. The highest BCUT2D eigenvalue weighted by atomic mass is 16.5. The standard InChI is InChI=1S/C18H25N3O2/c1-13(18-20-19-14(2)23-18)21-10-6-7-15(12-21)11-16-8-4-5-9-17(16)22-3/h4-5,8-9,13,15H,6-7,10-12H2,1-3H3/t13-,15-/m0/s1. The zero-order valence-electron chi connectivity index (χ0n) is 14.2. The Morgan fingerprint density at radius 1 is 1.35 bits per heavy atom. The summed E-state index contributed by atoms with van der Waals surface area (Å²) in [5, 5.41) is 8.13. The molecule has 5 nitrogen and oxygen atoms in total. The molecule has 1 fully saturated rings. The molecule has 2 aromatic rings. The predicted octanol–water partition coefficient (Wildman–Crippen LogP) is 3.40. The first kappa shape index (κ1) is 16.0. The van der Waals surface area contributed by atoms with Crippen molar-refractivity contribution in [3.05, 3.63) is 41.6 Å². The Morgan fingerprint density at radius 3 is 2.91 bits per heavy atom. The second kappa shape index (κ2) is 7.13. The Bertz CT molecular complexity index is 641. The van der Waals surface area contributed by atoms with Gasteiger partial charge < -0.3 is 9.15 Å². The van der Waals surface area contributed by atoms with Gasteiger partial charge in [-0.25, -0.2) is 0 Å². The maximum Gasteiger partial charge on any atom is 0.233 e. The Morgan fingerprint density at radius 2 is 2.17 bits per heavy atom. The van der Waals surface area contributed by atoms with Crippen LogP contribution < -0.4 is 4.74 Å². The molecule has 2 atom stereocenters. The zero-order valence-corrected chi connectivity index (χ0v) is 14.2. The van der Waals surface area contributed by atoms with E-state index in [9.17, 15) is 0 Å². The molecule has 1 aliphatic rings. The fraction of sp³-hybridized carbons (Fsp3) is 0.556. The van der Waals surface area contributed by atoms with E-state index in [1.165, 1.54) is 18.4 Å². The van der Waals surface area contributed by atoms with Gasteiger partial charge in [-0.05, 0) is 50.3 Å². The van der Waals surface area contributed by atoms with Gasteiger partial charge in [-0.3, -0.25) is 4.90 Å². The molecule has 5 heteroatoms. The number of para-hydroxylation sites is 1. The SMILES string of the molecule is COc1ccccc1C[C@@H]1CCCN([C@@H](C)c2nnc(C)o2)C1. The Hall–Kier alpha value is -1.88. The molecule has 2 heterocycles. The van der Waals surface area contributed by atoms with Crippen molar-refractivity contribution in [3.8, 4) is 5.75 Å². The number of benzene rings is 1.